The average Bonchev–Trinajstić information content (AvgIpc) is 2.90. The molecule has 0 aliphatic carbocycles. The molecule has 0 radical (unpaired) electrons. The number of ether oxygens (including phenoxy) is 1. The highest BCUT2D eigenvalue weighted by Crippen LogP contribution is 2.26. The molecule has 1 saturated heterocycles. The molecule has 1 aliphatic heterocycles. The van der Waals surface area contributed by atoms with E-state index in [-0.39, 0.29) is 23.7 Å². The zero-order valence-corrected chi connectivity index (χ0v) is 20.9. The fourth-order valence-corrected chi connectivity index (χ4v) is 4.31. The van der Waals surface area contributed by atoms with E-state index in [0.717, 1.165) is 0 Å². The van der Waals surface area contributed by atoms with Gasteiger partial charge >= 0.3 is 0 Å². The Morgan fingerprint density at radius 2 is 1.92 bits per heavy atom. The van der Waals surface area contributed by atoms with Crippen LogP contribution in [-0.4, -0.2) is 63.8 Å². The molecule has 37 heavy (non-hydrogen) atoms. The van der Waals surface area contributed by atoms with Gasteiger partial charge in [-0.2, -0.15) is 0 Å². The smallest absolute Gasteiger partial charge is 0.255 e. The summed E-state index contributed by atoms with van der Waals surface area (Å²) in [6, 6.07) is 11.9. The van der Waals surface area contributed by atoms with Crippen molar-refractivity contribution in [2.75, 3.05) is 31.5 Å². The Morgan fingerprint density at radius 1 is 1.19 bits per heavy atom. The monoisotopic (exact) mass is 503 g/mol. The minimum absolute atomic E-state index is 0.0162. The van der Waals surface area contributed by atoms with Crippen molar-refractivity contribution in [3.63, 3.8) is 0 Å². The number of nitrogens with one attached hydrogen (secondary N) is 1. The molecule has 8 nitrogen and oxygen atoms in total. The van der Waals surface area contributed by atoms with Crippen LogP contribution in [0.1, 0.15) is 34.5 Å². The summed E-state index contributed by atoms with van der Waals surface area (Å²) in [6.45, 7) is 9.73. The second-order valence-electron chi connectivity index (χ2n) is 9.07. The Bertz CT molecular complexity index is 1250. The molecule has 1 aliphatic rings. The molecule has 1 N–H and O–H groups in total. The largest absolute Gasteiger partial charge is 0.484 e. The first kappa shape index (κ1) is 26.0. The van der Waals surface area contributed by atoms with Crippen LogP contribution in [0.2, 0.25) is 0 Å². The van der Waals surface area contributed by atoms with E-state index in [0.29, 0.717) is 54.3 Å². The highest BCUT2D eigenvalue weighted by Gasteiger charge is 2.28. The maximum absolute atomic E-state index is 14.4. The van der Waals surface area contributed by atoms with Crippen molar-refractivity contribution in [3.05, 3.63) is 96.3 Å². The number of aryl methyl sites for hydroxylation is 1. The number of piperazine rings is 1. The Morgan fingerprint density at radius 3 is 2.57 bits per heavy atom. The first-order chi connectivity index (χ1) is 17.8. The fourth-order valence-electron chi connectivity index (χ4n) is 4.31. The molecular formula is C28H30FN5O3. The number of anilines is 1. The third-order valence-electron chi connectivity index (χ3n) is 6.37. The fraction of sp³-hybridized carbons (Fsp3) is 0.286. The van der Waals surface area contributed by atoms with Gasteiger partial charge in [0.15, 0.2) is 0 Å². The minimum Gasteiger partial charge on any atom is -0.484 e. The average molecular weight is 504 g/mol. The van der Waals surface area contributed by atoms with E-state index in [2.05, 4.69) is 26.8 Å². The molecule has 2 heterocycles. The topological polar surface area (TPSA) is 87.7 Å². The molecule has 0 spiro atoms. The van der Waals surface area contributed by atoms with Gasteiger partial charge in [-0.05, 0) is 61.4 Å². The molecule has 3 aromatic rings. The number of hydrogen-bond acceptors (Lipinski definition) is 6. The van der Waals surface area contributed by atoms with E-state index in [1.165, 1.54) is 30.9 Å². The molecule has 1 fully saturated rings. The van der Waals surface area contributed by atoms with Crippen LogP contribution in [0, 0.1) is 12.7 Å². The Hall–Kier alpha value is -4.11. The molecule has 9 heteroatoms. The second-order valence-corrected chi connectivity index (χ2v) is 9.07. The van der Waals surface area contributed by atoms with Gasteiger partial charge in [0.1, 0.15) is 24.0 Å². The Kier molecular flexibility index (Phi) is 8.25. The molecule has 2 aromatic carbocycles. The second kappa shape index (κ2) is 11.7. The molecule has 2 atom stereocenters. The summed E-state index contributed by atoms with van der Waals surface area (Å²) in [5, 5.41) is 2.74. The molecule has 0 saturated carbocycles. The zero-order valence-electron chi connectivity index (χ0n) is 20.9. The Labute approximate surface area is 215 Å². The quantitative estimate of drug-likeness (QED) is 0.468. The van der Waals surface area contributed by atoms with E-state index < -0.39 is 6.10 Å². The number of carbonyl (C=O) groups is 2. The molecule has 0 unspecified atom stereocenters. The van der Waals surface area contributed by atoms with E-state index in [9.17, 15) is 14.0 Å². The van der Waals surface area contributed by atoms with E-state index in [4.69, 9.17) is 4.74 Å². The number of rotatable bonds is 8. The van der Waals surface area contributed by atoms with Crippen molar-refractivity contribution < 1.29 is 18.7 Å². The summed E-state index contributed by atoms with van der Waals surface area (Å²) in [5.41, 5.74) is 2.22. The van der Waals surface area contributed by atoms with Crippen molar-refractivity contribution in [1.29, 1.82) is 0 Å². The molecule has 192 valence electrons. The van der Waals surface area contributed by atoms with Crippen molar-refractivity contribution in [1.82, 2.24) is 19.8 Å². The SMILES string of the molecule is C=CC(=O)N1CCN(C[C@H](Oc2ccc(C(=O)Nc3cncnc3)cc2)c2ccc(C)c(F)c2)C[C@H]1C. The predicted octanol–water partition coefficient (Wildman–Crippen LogP) is 4.02. The molecule has 4 rings (SSSR count). The van der Waals surface area contributed by atoms with Gasteiger partial charge in [0.2, 0.25) is 5.91 Å². The number of hydrogen-bond donors (Lipinski definition) is 1. The van der Waals surface area contributed by atoms with Crippen molar-refractivity contribution in [2.24, 2.45) is 0 Å². The summed E-state index contributed by atoms with van der Waals surface area (Å²) in [7, 11) is 0. The molecule has 1 aromatic heterocycles. The van der Waals surface area contributed by atoms with Gasteiger partial charge in [-0.15, -0.1) is 0 Å². The van der Waals surface area contributed by atoms with Crippen LogP contribution in [0.5, 0.6) is 5.75 Å². The maximum Gasteiger partial charge on any atom is 0.255 e. The van der Waals surface area contributed by atoms with Crippen LogP contribution in [0.15, 0.2) is 73.8 Å². The lowest BCUT2D eigenvalue weighted by Crippen LogP contribution is -2.54. The summed E-state index contributed by atoms with van der Waals surface area (Å²) in [4.78, 5) is 36.4. The van der Waals surface area contributed by atoms with E-state index in [1.807, 2.05) is 13.0 Å². The number of nitrogens with zero attached hydrogens (tertiary/aromatic N) is 4. The molecular weight excluding hydrogens is 473 g/mol. The summed E-state index contributed by atoms with van der Waals surface area (Å²) >= 11 is 0. The highest BCUT2D eigenvalue weighted by atomic mass is 19.1. The third-order valence-corrected chi connectivity index (χ3v) is 6.37. The van der Waals surface area contributed by atoms with Gasteiger partial charge < -0.3 is 15.0 Å². The third kappa shape index (κ3) is 6.56. The normalized spacial score (nSPS) is 16.6. The van der Waals surface area contributed by atoms with Gasteiger partial charge in [0.05, 0.1) is 18.1 Å². The van der Waals surface area contributed by atoms with Crippen molar-refractivity contribution >= 4 is 17.5 Å². The maximum atomic E-state index is 14.4. The van der Waals surface area contributed by atoms with Crippen LogP contribution in [0.3, 0.4) is 0 Å². The van der Waals surface area contributed by atoms with Gasteiger partial charge in [0, 0.05) is 37.8 Å². The summed E-state index contributed by atoms with van der Waals surface area (Å²) < 4.78 is 20.8. The minimum atomic E-state index is -0.454. The van der Waals surface area contributed by atoms with Crippen LogP contribution in [0.4, 0.5) is 10.1 Å². The number of amides is 2. The highest BCUT2D eigenvalue weighted by molar-refractivity contribution is 6.04. The van der Waals surface area contributed by atoms with Crippen LogP contribution in [0.25, 0.3) is 0 Å². The first-order valence-corrected chi connectivity index (χ1v) is 12.1. The lowest BCUT2D eigenvalue weighted by molar-refractivity contribution is -0.130. The standard InChI is InChI=1S/C28H30FN5O3/c1-4-27(35)34-12-11-33(16-20(34)3)17-26(22-6-5-19(2)25(29)13-22)37-24-9-7-21(8-10-24)28(36)32-23-14-30-18-31-15-23/h4-10,13-15,18,20,26H,1,11-12,16-17H2,2-3H3,(H,32,36)/t20-,26+/m1/s1. The van der Waals surface area contributed by atoms with Crippen LogP contribution >= 0.6 is 0 Å². The number of carbonyl (C=O) groups excluding carboxylic acids is 2. The summed E-state index contributed by atoms with van der Waals surface area (Å²) in [6.07, 6.45) is 5.30. The van der Waals surface area contributed by atoms with Gasteiger partial charge in [-0.1, -0.05) is 18.7 Å². The van der Waals surface area contributed by atoms with E-state index >= 15 is 0 Å². The van der Waals surface area contributed by atoms with Crippen molar-refractivity contribution in [2.45, 2.75) is 26.0 Å². The zero-order chi connectivity index (χ0) is 26.4. The Balaban J connectivity index is 1.48. The van der Waals surface area contributed by atoms with Crippen LogP contribution in [-0.2, 0) is 4.79 Å². The predicted molar refractivity (Wildman–Crippen MR) is 139 cm³/mol. The summed E-state index contributed by atoms with van der Waals surface area (Å²) in [5.74, 6) is -0.110. The van der Waals surface area contributed by atoms with E-state index in [1.54, 1.807) is 42.2 Å². The molecule has 2 amide bonds. The number of aromatic nitrogens is 2. The van der Waals surface area contributed by atoms with Gasteiger partial charge in [-0.25, -0.2) is 14.4 Å². The number of halogens is 1. The van der Waals surface area contributed by atoms with Gasteiger partial charge in [-0.3, -0.25) is 14.5 Å². The lowest BCUT2D eigenvalue weighted by atomic mass is 10.0. The first-order valence-electron chi connectivity index (χ1n) is 12.1. The lowest BCUT2D eigenvalue weighted by Gasteiger charge is -2.40. The molecule has 0 bridgehead atoms. The van der Waals surface area contributed by atoms with Crippen molar-refractivity contribution in [3.8, 4) is 5.75 Å². The van der Waals surface area contributed by atoms with Crippen LogP contribution < -0.4 is 10.1 Å². The van der Waals surface area contributed by atoms with Gasteiger partial charge in [0.25, 0.3) is 5.91 Å². The number of benzene rings is 2.